The molecule has 0 spiro atoms. The van der Waals surface area contributed by atoms with Crippen LogP contribution in [-0.2, 0) is 0 Å². The van der Waals surface area contributed by atoms with Gasteiger partial charge in [0.15, 0.2) is 0 Å². The SMILES string of the molecule is CCSCCCNC1(CCl)CCCC1. The molecule has 1 saturated carbocycles. The summed E-state index contributed by atoms with van der Waals surface area (Å²) in [7, 11) is 0. The normalized spacial score (nSPS) is 20.1. The van der Waals surface area contributed by atoms with Gasteiger partial charge in [-0.15, -0.1) is 11.6 Å². The number of nitrogens with one attached hydrogen (secondary N) is 1. The number of halogens is 1. The molecular formula is C11H22ClNS. The topological polar surface area (TPSA) is 12.0 Å². The van der Waals surface area contributed by atoms with Gasteiger partial charge >= 0.3 is 0 Å². The number of alkyl halides is 1. The first kappa shape index (κ1) is 12.7. The predicted octanol–water partition coefficient (Wildman–Crippen LogP) is 3.27. The van der Waals surface area contributed by atoms with Gasteiger partial charge in [-0.3, -0.25) is 0 Å². The molecule has 0 aromatic carbocycles. The van der Waals surface area contributed by atoms with Gasteiger partial charge in [0.2, 0.25) is 0 Å². The molecule has 1 nitrogen and oxygen atoms in total. The second-order valence-corrected chi connectivity index (χ2v) is 5.76. The van der Waals surface area contributed by atoms with Crippen molar-refractivity contribution < 1.29 is 0 Å². The molecule has 3 heteroatoms. The summed E-state index contributed by atoms with van der Waals surface area (Å²) in [5.41, 5.74) is 0.290. The van der Waals surface area contributed by atoms with Crippen LogP contribution in [0.15, 0.2) is 0 Å². The molecule has 0 atom stereocenters. The molecule has 0 aromatic heterocycles. The van der Waals surface area contributed by atoms with Gasteiger partial charge in [0.1, 0.15) is 0 Å². The number of thioether (sulfide) groups is 1. The quantitative estimate of drug-likeness (QED) is 0.537. The Hall–Kier alpha value is 0.600. The molecule has 1 fully saturated rings. The Morgan fingerprint density at radius 3 is 2.64 bits per heavy atom. The third kappa shape index (κ3) is 4.00. The second kappa shape index (κ2) is 6.97. The van der Waals surface area contributed by atoms with Crippen LogP contribution in [0.3, 0.4) is 0 Å². The Bertz CT molecular complexity index is 146. The van der Waals surface area contributed by atoms with Crippen LogP contribution in [0.5, 0.6) is 0 Å². The highest BCUT2D eigenvalue weighted by atomic mass is 35.5. The Morgan fingerprint density at radius 2 is 2.07 bits per heavy atom. The fourth-order valence-electron chi connectivity index (χ4n) is 2.08. The van der Waals surface area contributed by atoms with E-state index in [0.717, 1.165) is 12.4 Å². The number of rotatable bonds is 7. The molecular weight excluding hydrogens is 214 g/mol. The van der Waals surface area contributed by atoms with Crippen molar-refractivity contribution in [2.24, 2.45) is 0 Å². The minimum absolute atomic E-state index is 0.290. The molecule has 0 saturated heterocycles. The zero-order valence-electron chi connectivity index (χ0n) is 9.15. The van der Waals surface area contributed by atoms with Gasteiger partial charge < -0.3 is 5.32 Å². The molecule has 84 valence electrons. The molecule has 1 N–H and O–H groups in total. The first-order valence-corrected chi connectivity index (χ1v) is 7.41. The average molecular weight is 236 g/mol. The van der Waals surface area contributed by atoms with Crippen molar-refractivity contribution in [3.63, 3.8) is 0 Å². The zero-order chi connectivity index (χ0) is 10.3. The van der Waals surface area contributed by atoms with Crippen LogP contribution in [0.25, 0.3) is 0 Å². The molecule has 0 amide bonds. The lowest BCUT2D eigenvalue weighted by Gasteiger charge is -2.28. The smallest absolute Gasteiger partial charge is 0.0406 e. The lowest BCUT2D eigenvalue weighted by molar-refractivity contribution is 0.371. The third-order valence-electron chi connectivity index (χ3n) is 2.99. The van der Waals surface area contributed by atoms with Crippen molar-refractivity contribution in [3.05, 3.63) is 0 Å². The lowest BCUT2D eigenvalue weighted by atomic mass is 10.0. The molecule has 0 bridgehead atoms. The van der Waals surface area contributed by atoms with Crippen LogP contribution in [0.4, 0.5) is 0 Å². The summed E-state index contributed by atoms with van der Waals surface area (Å²) in [5, 5.41) is 3.66. The Labute approximate surface area is 97.4 Å². The first-order chi connectivity index (χ1) is 6.83. The van der Waals surface area contributed by atoms with Crippen molar-refractivity contribution in [2.75, 3.05) is 23.9 Å². The summed E-state index contributed by atoms with van der Waals surface area (Å²) in [4.78, 5) is 0. The minimum Gasteiger partial charge on any atom is -0.310 e. The van der Waals surface area contributed by atoms with Gasteiger partial charge in [0.05, 0.1) is 0 Å². The van der Waals surface area contributed by atoms with Crippen molar-refractivity contribution in [1.29, 1.82) is 0 Å². The van der Waals surface area contributed by atoms with Gasteiger partial charge in [-0.25, -0.2) is 0 Å². The molecule has 0 aliphatic heterocycles. The van der Waals surface area contributed by atoms with Gasteiger partial charge in [0.25, 0.3) is 0 Å². The molecule has 0 aromatic rings. The van der Waals surface area contributed by atoms with Crippen LogP contribution in [-0.4, -0.2) is 29.5 Å². The maximum atomic E-state index is 6.04. The summed E-state index contributed by atoms with van der Waals surface area (Å²) in [6, 6.07) is 0. The van der Waals surface area contributed by atoms with Gasteiger partial charge in [-0.05, 0) is 37.3 Å². The first-order valence-electron chi connectivity index (χ1n) is 5.72. The van der Waals surface area contributed by atoms with E-state index in [4.69, 9.17) is 11.6 Å². The molecule has 1 rings (SSSR count). The highest BCUT2D eigenvalue weighted by molar-refractivity contribution is 7.99. The van der Waals surface area contributed by atoms with E-state index in [9.17, 15) is 0 Å². The monoisotopic (exact) mass is 235 g/mol. The van der Waals surface area contributed by atoms with Crippen molar-refractivity contribution in [1.82, 2.24) is 5.32 Å². The van der Waals surface area contributed by atoms with Crippen molar-refractivity contribution in [3.8, 4) is 0 Å². The Kier molecular flexibility index (Phi) is 6.31. The third-order valence-corrected chi connectivity index (χ3v) is 4.48. The minimum atomic E-state index is 0.290. The van der Waals surface area contributed by atoms with Crippen LogP contribution < -0.4 is 5.32 Å². The maximum absolute atomic E-state index is 6.04. The maximum Gasteiger partial charge on any atom is 0.0406 e. The Morgan fingerprint density at radius 1 is 1.36 bits per heavy atom. The summed E-state index contributed by atoms with van der Waals surface area (Å²) >= 11 is 8.06. The van der Waals surface area contributed by atoms with E-state index in [0.29, 0.717) is 5.54 Å². The zero-order valence-corrected chi connectivity index (χ0v) is 10.7. The average Bonchev–Trinajstić information content (AvgIpc) is 2.67. The van der Waals surface area contributed by atoms with Crippen molar-refractivity contribution in [2.45, 2.75) is 44.6 Å². The molecule has 14 heavy (non-hydrogen) atoms. The fourth-order valence-corrected chi connectivity index (χ4v) is 3.08. The molecule has 0 unspecified atom stereocenters. The van der Waals surface area contributed by atoms with Crippen molar-refractivity contribution >= 4 is 23.4 Å². The molecule has 1 aliphatic carbocycles. The molecule has 1 aliphatic rings. The largest absolute Gasteiger partial charge is 0.310 e. The van der Waals surface area contributed by atoms with E-state index < -0.39 is 0 Å². The summed E-state index contributed by atoms with van der Waals surface area (Å²) in [6.45, 7) is 3.36. The van der Waals surface area contributed by atoms with Crippen LogP contribution in [0, 0.1) is 0 Å². The van der Waals surface area contributed by atoms with E-state index in [-0.39, 0.29) is 0 Å². The fraction of sp³-hybridized carbons (Fsp3) is 1.00. The highest BCUT2D eigenvalue weighted by Crippen LogP contribution is 2.30. The van der Waals surface area contributed by atoms with Gasteiger partial charge in [-0.1, -0.05) is 19.8 Å². The van der Waals surface area contributed by atoms with Gasteiger partial charge in [0, 0.05) is 11.4 Å². The number of hydrogen-bond acceptors (Lipinski definition) is 2. The Balaban J connectivity index is 2.08. The highest BCUT2D eigenvalue weighted by Gasteiger charge is 2.31. The van der Waals surface area contributed by atoms with E-state index in [1.807, 2.05) is 11.8 Å². The lowest BCUT2D eigenvalue weighted by Crippen LogP contribution is -2.45. The second-order valence-electron chi connectivity index (χ2n) is 4.10. The van der Waals surface area contributed by atoms with E-state index in [1.165, 1.54) is 43.6 Å². The van der Waals surface area contributed by atoms with E-state index >= 15 is 0 Å². The summed E-state index contributed by atoms with van der Waals surface area (Å²) in [5.74, 6) is 3.30. The summed E-state index contributed by atoms with van der Waals surface area (Å²) in [6.07, 6.45) is 6.53. The molecule has 0 radical (unpaired) electrons. The number of hydrogen-bond donors (Lipinski definition) is 1. The van der Waals surface area contributed by atoms with E-state index in [1.54, 1.807) is 0 Å². The predicted molar refractivity (Wildman–Crippen MR) is 67.5 cm³/mol. The van der Waals surface area contributed by atoms with Crippen LogP contribution in [0.1, 0.15) is 39.0 Å². The van der Waals surface area contributed by atoms with Crippen LogP contribution >= 0.6 is 23.4 Å². The standard InChI is InChI=1S/C11H22ClNS/c1-2-14-9-5-8-13-11(10-12)6-3-4-7-11/h13H,2-10H2,1H3. The van der Waals surface area contributed by atoms with Crippen LogP contribution in [0.2, 0.25) is 0 Å². The summed E-state index contributed by atoms with van der Waals surface area (Å²) < 4.78 is 0. The van der Waals surface area contributed by atoms with E-state index in [2.05, 4.69) is 12.2 Å². The molecule has 0 heterocycles. The van der Waals surface area contributed by atoms with Gasteiger partial charge in [-0.2, -0.15) is 11.8 Å².